The van der Waals surface area contributed by atoms with Gasteiger partial charge in [0.05, 0.1) is 0 Å². The number of rotatable bonds is 3. The van der Waals surface area contributed by atoms with E-state index in [0.29, 0.717) is 13.1 Å². The lowest BCUT2D eigenvalue weighted by molar-refractivity contribution is -0.122. The van der Waals surface area contributed by atoms with Gasteiger partial charge in [0.25, 0.3) is 0 Å². The number of benzene rings is 1. The number of hydrogen-bond acceptors (Lipinski definition) is 2. The van der Waals surface area contributed by atoms with Crippen LogP contribution in [0.2, 0.25) is 0 Å². The summed E-state index contributed by atoms with van der Waals surface area (Å²) < 4.78 is 0. The monoisotopic (exact) mass is 275 g/mol. The highest BCUT2D eigenvalue weighted by atomic mass is 16.2. The minimum atomic E-state index is -0.279. The number of para-hydroxylation sites is 1. The highest BCUT2D eigenvalue weighted by Gasteiger charge is 2.31. The van der Waals surface area contributed by atoms with Crippen molar-refractivity contribution in [3.05, 3.63) is 30.3 Å². The van der Waals surface area contributed by atoms with Crippen molar-refractivity contribution >= 4 is 17.6 Å². The Morgan fingerprint density at radius 3 is 2.45 bits per heavy atom. The van der Waals surface area contributed by atoms with Crippen LogP contribution in [0.3, 0.4) is 0 Å². The Bertz CT molecular complexity index is 494. The van der Waals surface area contributed by atoms with Gasteiger partial charge in [-0.05, 0) is 32.9 Å². The largest absolute Gasteiger partial charge is 0.350 e. The van der Waals surface area contributed by atoms with E-state index in [4.69, 9.17) is 0 Å². The molecule has 5 nitrogen and oxygen atoms in total. The van der Waals surface area contributed by atoms with Crippen molar-refractivity contribution in [1.82, 2.24) is 10.2 Å². The topological polar surface area (TPSA) is 52.7 Å². The number of carbonyl (C=O) groups excluding carboxylic acids is 2. The maximum absolute atomic E-state index is 12.3. The summed E-state index contributed by atoms with van der Waals surface area (Å²) in [5.74, 6) is -0.124. The Balaban J connectivity index is 1.97. The molecular weight excluding hydrogens is 254 g/mol. The van der Waals surface area contributed by atoms with Gasteiger partial charge in [-0.25, -0.2) is 4.79 Å². The molecule has 3 amide bonds. The van der Waals surface area contributed by atoms with E-state index in [1.165, 1.54) is 0 Å². The summed E-state index contributed by atoms with van der Waals surface area (Å²) in [4.78, 5) is 27.4. The van der Waals surface area contributed by atoms with Crippen molar-refractivity contribution in [2.75, 3.05) is 24.5 Å². The van der Waals surface area contributed by atoms with E-state index in [1.54, 1.807) is 9.80 Å². The summed E-state index contributed by atoms with van der Waals surface area (Å²) >= 11 is 0. The average Bonchev–Trinajstić information content (AvgIpc) is 2.70. The lowest BCUT2D eigenvalue weighted by atomic mass is 10.1. The van der Waals surface area contributed by atoms with Crippen molar-refractivity contribution in [3.8, 4) is 0 Å². The van der Waals surface area contributed by atoms with Crippen molar-refractivity contribution in [3.63, 3.8) is 0 Å². The predicted molar refractivity (Wildman–Crippen MR) is 78.7 cm³/mol. The Morgan fingerprint density at radius 2 is 1.85 bits per heavy atom. The second-order valence-corrected chi connectivity index (χ2v) is 5.99. The van der Waals surface area contributed by atoms with E-state index < -0.39 is 0 Å². The third-order valence-electron chi connectivity index (χ3n) is 3.01. The quantitative estimate of drug-likeness (QED) is 0.915. The van der Waals surface area contributed by atoms with Crippen molar-refractivity contribution < 1.29 is 9.59 Å². The molecule has 1 heterocycles. The van der Waals surface area contributed by atoms with E-state index in [0.717, 1.165) is 5.69 Å². The van der Waals surface area contributed by atoms with Gasteiger partial charge in [-0.15, -0.1) is 0 Å². The van der Waals surface area contributed by atoms with Gasteiger partial charge >= 0.3 is 6.03 Å². The van der Waals surface area contributed by atoms with Gasteiger partial charge in [-0.1, -0.05) is 18.2 Å². The first-order valence-electron chi connectivity index (χ1n) is 6.79. The van der Waals surface area contributed by atoms with Crippen molar-refractivity contribution in [2.45, 2.75) is 26.3 Å². The molecule has 0 aliphatic carbocycles. The van der Waals surface area contributed by atoms with Crippen LogP contribution in [0.5, 0.6) is 0 Å². The van der Waals surface area contributed by atoms with Crippen molar-refractivity contribution in [1.29, 1.82) is 0 Å². The van der Waals surface area contributed by atoms with E-state index in [-0.39, 0.29) is 24.0 Å². The number of amides is 3. The number of anilines is 1. The van der Waals surface area contributed by atoms with Gasteiger partial charge in [0.2, 0.25) is 5.91 Å². The number of urea groups is 1. The summed E-state index contributed by atoms with van der Waals surface area (Å²) in [5.41, 5.74) is 0.593. The van der Waals surface area contributed by atoms with Gasteiger partial charge < -0.3 is 10.2 Å². The van der Waals surface area contributed by atoms with E-state index in [2.05, 4.69) is 5.32 Å². The first kappa shape index (κ1) is 14.4. The van der Waals surface area contributed by atoms with Crippen LogP contribution in [0.25, 0.3) is 0 Å². The van der Waals surface area contributed by atoms with Gasteiger partial charge in [-0.2, -0.15) is 0 Å². The van der Waals surface area contributed by atoms with Crippen LogP contribution in [0.1, 0.15) is 20.8 Å². The standard InChI is InChI=1S/C15H21N3O2/c1-15(2,3)16-13(19)11-17-9-10-18(14(17)20)12-7-5-4-6-8-12/h4-8H,9-11H2,1-3H3,(H,16,19). The molecular formula is C15H21N3O2. The molecule has 0 aromatic heterocycles. The Morgan fingerprint density at radius 1 is 1.20 bits per heavy atom. The molecule has 1 aliphatic heterocycles. The molecule has 0 unspecified atom stereocenters. The molecule has 1 aromatic carbocycles. The molecule has 0 radical (unpaired) electrons. The summed E-state index contributed by atoms with van der Waals surface area (Å²) in [6.07, 6.45) is 0. The molecule has 1 N–H and O–H groups in total. The fourth-order valence-corrected chi connectivity index (χ4v) is 2.21. The molecule has 1 fully saturated rings. The van der Waals surface area contributed by atoms with Gasteiger partial charge in [-0.3, -0.25) is 9.69 Å². The van der Waals surface area contributed by atoms with Crippen LogP contribution >= 0.6 is 0 Å². The van der Waals surface area contributed by atoms with Gasteiger partial charge in [0.15, 0.2) is 0 Å². The summed E-state index contributed by atoms with van der Waals surface area (Å²) in [5, 5.41) is 2.87. The molecule has 0 bridgehead atoms. The Labute approximate surface area is 119 Å². The van der Waals surface area contributed by atoms with Crippen molar-refractivity contribution in [2.24, 2.45) is 0 Å². The molecule has 108 valence electrons. The maximum Gasteiger partial charge on any atom is 0.325 e. The smallest absolute Gasteiger partial charge is 0.325 e. The molecule has 1 aliphatic rings. The highest BCUT2D eigenvalue weighted by Crippen LogP contribution is 2.19. The fraction of sp³-hybridized carbons (Fsp3) is 0.467. The zero-order valence-corrected chi connectivity index (χ0v) is 12.2. The van der Waals surface area contributed by atoms with Crippen LogP contribution in [-0.4, -0.2) is 42.0 Å². The Kier molecular flexibility index (Phi) is 3.97. The molecule has 0 spiro atoms. The van der Waals surface area contributed by atoms with Gasteiger partial charge in [0.1, 0.15) is 6.54 Å². The van der Waals surface area contributed by atoms with E-state index in [1.807, 2.05) is 51.1 Å². The SMILES string of the molecule is CC(C)(C)NC(=O)CN1CCN(c2ccccc2)C1=O. The summed E-state index contributed by atoms with van der Waals surface area (Å²) in [6, 6.07) is 9.40. The predicted octanol–water partition coefficient (Wildman–Crippen LogP) is 1.84. The van der Waals surface area contributed by atoms with Crippen LogP contribution in [0, 0.1) is 0 Å². The van der Waals surface area contributed by atoms with Crippen LogP contribution in [-0.2, 0) is 4.79 Å². The third kappa shape index (κ3) is 3.50. The zero-order chi connectivity index (χ0) is 14.8. The maximum atomic E-state index is 12.3. The number of hydrogen-bond donors (Lipinski definition) is 1. The number of nitrogens with zero attached hydrogens (tertiary/aromatic N) is 2. The van der Waals surface area contributed by atoms with Gasteiger partial charge in [0, 0.05) is 24.3 Å². The minimum absolute atomic E-state index is 0.111. The first-order chi connectivity index (χ1) is 9.37. The average molecular weight is 275 g/mol. The molecule has 0 atom stereocenters. The number of nitrogens with one attached hydrogen (secondary N) is 1. The molecule has 5 heteroatoms. The first-order valence-corrected chi connectivity index (χ1v) is 6.79. The molecule has 1 aromatic rings. The second-order valence-electron chi connectivity index (χ2n) is 5.99. The lowest BCUT2D eigenvalue weighted by Gasteiger charge is -2.23. The van der Waals surface area contributed by atoms with Crippen LogP contribution in [0.15, 0.2) is 30.3 Å². The van der Waals surface area contributed by atoms with Crippen LogP contribution in [0.4, 0.5) is 10.5 Å². The Hall–Kier alpha value is -2.04. The van der Waals surface area contributed by atoms with E-state index in [9.17, 15) is 9.59 Å². The molecule has 1 saturated heterocycles. The summed E-state index contributed by atoms with van der Waals surface area (Å²) in [6.45, 7) is 7.07. The third-order valence-corrected chi connectivity index (χ3v) is 3.01. The zero-order valence-electron chi connectivity index (χ0n) is 12.2. The molecule has 2 rings (SSSR count). The second kappa shape index (κ2) is 5.53. The van der Waals surface area contributed by atoms with Crippen LogP contribution < -0.4 is 10.2 Å². The number of carbonyl (C=O) groups is 2. The lowest BCUT2D eigenvalue weighted by Crippen LogP contribution is -2.46. The minimum Gasteiger partial charge on any atom is -0.350 e. The highest BCUT2D eigenvalue weighted by molar-refractivity contribution is 5.96. The fourth-order valence-electron chi connectivity index (χ4n) is 2.21. The normalized spacial score (nSPS) is 15.7. The molecule has 0 saturated carbocycles. The summed E-state index contributed by atoms with van der Waals surface area (Å²) in [7, 11) is 0. The van der Waals surface area contributed by atoms with E-state index >= 15 is 0 Å². The molecule has 20 heavy (non-hydrogen) atoms.